The summed E-state index contributed by atoms with van der Waals surface area (Å²) in [6.45, 7) is 12.8. The first-order valence-corrected chi connectivity index (χ1v) is 6.04. The number of carbonyl (C=O) groups excluding carboxylic acids is 1. The van der Waals surface area contributed by atoms with E-state index in [4.69, 9.17) is 5.73 Å². The lowest BCUT2D eigenvalue weighted by atomic mass is 9.74. The minimum absolute atomic E-state index is 0.126. The fourth-order valence-corrected chi connectivity index (χ4v) is 1.31. The molecule has 0 heterocycles. The Bertz CT molecular complexity index is 239. The van der Waals surface area contributed by atoms with Crippen molar-refractivity contribution in [1.82, 2.24) is 4.90 Å². The number of hydrogen-bond acceptors (Lipinski definition) is 2. The Morgan fingerprint density at radius 1 is 1.25 bits per heavy atom. The third-order valence-electron chi connectivity index (χ3n) is 3.53. The van der Waals surface area contributed by atoms with E-state index < -0.39 is 11.0 Å². The lowest BCUT2D eigenvalue weighted by molar-refractivity contribution is -0.142. The van der Waals surface area contributed by atoms with E-state index in [1.54, 1.807) is 4.90 Å². The average molecular weight is 228 g/mol. The van der Waals surface area contributed by atoms with Crippen LogP contribution in [0.15, 0.2) is 0 Å². The molecule has 3 heteroatoms. The summed E-state index contributed by atoms with van der Waals surface area (Å²) in [6.07, 6.45) is 1.03. The molecule has 0 aliphatic rings. The van der Waals surface area contributed by atoms with Crippen LogP contribution in [-0.4, -0.2) is 29.9 Å². The molecule has 0 rings (SSSR count). The summed E-state index contributed by atoms with van der Waals surface area (Å²) in [5, 5.41) is 0. The van der Waals surface area contributed by atoms with Gasteiger partial charge in [-0.2, -0.15) is 0 Å². The third-order valence-corrected chi connectivity index (χ3v) is 3.53. The van der Waals surface area contributed by atoms with E-state index in [2.05, 4.69) is 13.8 Å². The summed E-state index contributed by atoms with van der Waals surface area (Å²) in [7, 11) is 1.86. The van der Waals surface area contributed by atoms with E-state index in [0.29, 0.717) is 5.92 Å². The first-order valence-electron chi connectivity index (χ1n) is 6.04. The lowest BCUT2D eigenvalue weighted by Crippen LogP contribution is -2.56. The number of amides is 1. The van der Waals surface area contributed by atoms with Gasteiger partial charge in [-0.25, -0.2) is 0 Å². The summed E-state index contributed by atoms with van der Waals surface area (Å²) in [5.41, 5.74) is 5.03. The second kappa shape index (κ2) is 5.17. The van der Waals surface area contributed by atoms with Crippen molar-refractivity contribution in [3.8, 4) is 0 Å². The predicted octanol–water partition coefficient (Wildman–Crippen LogP) is 2.25. The summed E-state index contributed by atoms with van der Waals surface area (Å²) < 4.78 is 0. The van der Waals surface area contributed by atoms with Crippen LogP contribution in [0.1, 0.15) is 48.0 Å². The van der Waals surface area contributed by atoms with Gasteiger partial charge in [0.25, 0.3) is 0 Å². The topological polar surface area (TPSA) is 46.3 Å². The Balaban J connectivity index is 4.55. The van der Waals surface area contributed by atoms with Crippen molar-refractivity contribution in [2.45, 2.75) is 53.5 Å². The molecule has 0 atom stereocenters. The fourth-order valence-electron chi connectivity index (χ4n) is 1.31. The molecule has 0 saturated heterocycles. The molecule has 0 saturated carbocycles. The maximum absolute atomic E-state index is 12.3. The molecule has 0 aromatic rings. The Labute approximate surface area is 100 Å². The van der Waals surface area contributed by atoms with Crippen molar-refractivity contribution in [2.24, 2.45) is 17.1 Å². The maximum atomic E-state index is 12.3. The molecule has 2 N–H and O–H groups in total. The zero-order chi connectivity index (χ0) is 13.1. The Morgan fingerprint density at radius 2 is 1.69 bits per heavy atom. The molecule has 0 fully saturated rings. The number of carbonyl (C=O) groups is 1. The van der Waals surface area contributed by atoms with Crippen molar-refractivity contribution in [3.05, 3.63) is 0 Å². The number of hydrogen-bond donors (Lipinski definition) is 1. The Kier molecular flexibility index (Phi) is 4.99. The Hall–Kier alpha value is -0.570. The van der Waals surface area contributed by atoms with Crippen molar-refractivity contribution in [3.63, 3.8) is 0 Å². The third kappa shape index (κ3) is 3.78. The van der Waals surface area contributed by atoms with Crippen molar-refractivity contribution in [1.29, 1.82) is 0 Å². The molecule has 96 valence electrons. The first kappa shape index (κ1) is 15.4. The van der Waals surface area contributed by atoms with Gasteiger partial charge in [-0.3, -0.25) is 4.79 Å². The average Bonchev–Trinajstić information content (AvgIpc) is 2.10. The van der Waals surface area contributed by atoms with Crippen LogP contribution in [0, 0.1) is 11.3 Å². The monoisotopic (exact) mass is 228 g/mol. The molecular weight excluding hydrogens is 200 g/mol. The molecule has 0 aliphatic carbocycles. The molecule has 0 bridgehead atoms. The summed E-state index contributed by atoms with van der Waals surface area (Å²) >= 11 is 0. The normalized spacial score (nSPS) is 13.1. The summed E-state index contributed by atoms with van der Waals surface area (Å²) in [6, 6.07) is 0. The number of nitrogens with two attached hydrogens (primary N) is 1. The summed E-state index contributed by atoms with van der Waals surface area (Å²) in [4.78, 5) is 14.1. The van der Waals surface area contributed by atoms with Gasteiger partial charge in [0.05, 0.1) is 5.41 Å². The van der Waals surface area contributed by atoms with E-state index in [9.17, 15) is 4.79 Å². The fraction of sp³-hybridized carbons (Fsp3) is 0.923. The minimum Gasteiger partial charge on any atom is -0.345 e. The van der Waals surface area contributed by atoms with E-state index in [1.807, 2.05) is 34.7 Å². The van der Waals surface area contributed by atoms with Gasteiger partial charge in [0, 0.05) is 19.1 Å². The highest BCUT2D eigenvalue weighted by molar-refractivity contribution is 5.83. The highest BCUT2D eigenvalue weighted by Gasteiger charge is 2.41. The molecule has 1 amide bonds. The van der Waals surface area contributed by atoms with Crippen LogP contribution in [0.5, 0.6) is 0 Å². The first-order chi connectivity index (χ1) is 7.00. The molecule has 3 nitrogen and oxygen atoms in total. The second-order valence-electron chi connectivity index (χ2n) is 6.26. The van der Waals surface area contributed by atoms with Gasteiger partial charge in [0.15, 0.2) is 0 Å². The molecule has 0 aliphatic heterocycles. The van der Waals surface area contributed by atoms with Gasteiger partial charge in [0.2, 0.25) is 5.91 Å². The number of rotatable bonds is 5. The van der Waals surface area contributed by atoms with Gasteiger partial charge in [0.1, 0.15) is 0 Å². The van der Waals surface area contributed by atoms with Gasteiger partial charge in [-0.05, 0) is 40.0 Å². The molecular formula is C13H28N2O. The van der Waals surface area contributed by atoms with Gasteiger partial charge in [-0.15, -0.1) is 0 Å². The van der Waals surface area contributed by atoms with Crippen LogP contribution >= 0.6 is 0 Å². The van der Waals surface area contributed by atoms with Crippen LogP contribution in [-0.2, 0) is 4.79 Å². The van der Waals surface area contributed by atoms with Crippen LogP contribution in [0.4, 0.5) is 0 Å². The van der Waals surface area contributed by atoms with Crippen molar-refractivity contribution >= 4 is 5.91 Å². The van der Waals surface area contributed by atoms with Gasteiger partial charge in [-0.1, -0.05) is 13.8 Å². The van der Waals surface area contributed by atoms with Crippen LogP contribution in [0.25, 0.3) is 0 Å². The van der Waals surface area contributed by atoms with Crippen LogP contribution < -0.4 is 5.73 Å². The molecule has 0 aromatic carbocycles. The molecule has 0 spiro atoms. The minimum atomic E-state index is -0.529. The van der Waals surface area contributed by atoms with Crippen LogP contribution in [0.3, 0.4) is 0 Å². The van der Waals surface area contributed by atoms with E-state index in [0.717, 1.165) is 13.0 Å². The second-order valence-corrected chi connectivity index (χ2v) is 6.26. The predicted molar refractivity (Wildman–Crippen MR) is 69.1 cm³/mol. The largest absolute Gasteiger partial charge is 0.345 e. The SMILES string of the molecule is CC(C)CCN(C)C(=O)C(C)(C)C(C)(C)N. The van der Waals surface area contributed by atoms with Crippen molar-refractivity contribution in [2.75, 3.05) is 13.6 Å². The highest BCUT2D eigenvalue weighted by atomic mass is 16.2. The maximum Gasteiger partial charge on any atom is 0.229 e. The van der Waals surface area contributed by atoms with E-state index in [1.165, 1.54) is 0 Å². The standard InChI is InChI=1S/C13H28N2O/c1-10(2)8-9-15(7)11(16)12(3,4)13(5,6)14/h10H,8-9,14H2,1-7H3. The van der Waals surface area contributed by atoms with Crippen LogP contribution in [0.2, 0.25) is 0 Å². The van der Waals surface area contributed by atoms with E-state index >= 15 is 0 Å². The molecule has 0 unspecified atom stereocenters. The zero-order valence-corrected chi connectivity index (χ0v) is 11.9. The van der Waals surface area contributed by atoms with Gasteiger partial charge < -0.3 is 10.6 Å². The quantitative estimate of drug-likeness (QED) is 0.784. The Morgan fingerprint density at radius 3 is 2.00 bits per heavy atom. The van der Waals surface area contributed by atoms with E-state index in [-0.39, 0.29) is 5.91 Å². The zero-order valence-electron chi connectivity index (χ0n) is 11.9. The lowest BCUT2D eigenvalue weighted by Gasteiger charge is -2.39. The smallest absolute Gasteiger partial charge is 0.229 e. The van der Waals surface area contributed by atoms with Gasteiger partial charge >= 0.3 is 0 Å². The highest BCUT2D eigenvalue weighted by Crippen LogP contribution is 2.30. The number of nitrogens with zero attached hydrogens (tertiary/aromatic N) is 1. The molecule has 16 heavy (non-hydrogen) atoms. The summed E-state index contributed by atoms with van der Waals surface area (Å²) in [5.74, 6) is 0.741. The molecule has 0 aromatic heterocycles. The molecule has 0 radical (unpaired) electrons. The van der Waals surface area contributed by atoms with Crippen molar-refractivity contribution < 1.29 is 4.79 Å².